The van der Waals surface area contributed by atoms with Gasteiger partial charge >= 0.3 is 0 Å². The van der Waals surface area contributed by atoms with Gasteiger partial charge in [0.15, 0.2) is 5.78 Å². The number of carbonyl (C=O) groups is 1. The van der Waals surface area contributed by atoms with E-state index in [4.69, 9.17) is 5.73 Å². The van der Waals surface area contributed by atoms with E-state index < -0.39 is 0 Å². The Kier molecular flexibility index (Phi) is 4.07. The Bertz CT molecular complexity index is 899. The van der Waals surface area contributed by atoms with E-state index in [1.807, 2.05) is 36.4 Å². The molecular formula is C20H20N2OS. The third-order valence-corrected chi connectivity index (χ3v) is 5.96. The van der Waals surface area contributed by atoms with Crippen LogP contribution in [0, 0.1) is 0 Å². The summed E-state index contributed by atoms with van der Waals surface area (Å²) in [6.07, 6.45) is 7.25. The molecule has 24 heavy (non-hydrogen) atoms. The average Bonchev–Trinajstić information content (AvgIpc) is 2.90. The first-order valence-electron chi connectivity index (χ1n) is 8.54. The average molecular weight is 336 g/mol. The number of hydrogen-bond donors (Lipinski definition) is 1. The van der Waals surface area contributed by atoms with E-state index in [1.54, 1.807) is 11.3 Å². The molecule has 3 aromatic rings. The number of benzene rings is 1. The Hall–Kier alpha value is -2.20. The van der Waals surface area contributed by atoms with Crippen molar-refractivity contribution in [2.45, 2.75) is 38.5 Å². The van der Waals surface area contributed by atoms with Crippen LogP contribution in [0.3, 0.4) is 0 Å². The molecule has 0 unspecified atom stereocenters. The number of aromatic nitrogens is 1. The number of carbonyl (C=O) groups excluding carboxylic acids is 1. The van der Waals surface area contributed by atoms with Gasteiger partial charge in [0, 0.05) is 15.8 Å². The lowest BCUT2D eigenvalue weighted by Gasteiger charge is -2.10. The van der Waals surface area contributed by atoms with Crippen LogP contribution in [0.5, 0.6) is 0 Å². The molecule has 0 amide bonds. The second kappa shape index (κ2) is 6.36. The fraction of sp³-hybridized carbons (Fsp3) is 0.300. The van der Waals surface area contributed by atoms with Crippen molar-refractivity contribution in [3.63, 3.8) is 0 Å². The van der Waals surface area contributed by atoms with E-state index in [9.17, 15) is 4.79 Å². The fourth-order valence-corrected chi connectivity index (χ4v) is 4.73. The summed E-state index contributed by atoms with van der Waals surface area (Å²) in [4.78, 5) is 19.8. The van der Waals surface area contributed by atoms with Crippen LogP contribution in [0.25, 0.3) is 10.2 Å². The third-order valence-electron chi connectivity index (χ3n) is 4.76. The maximum absolute atomic E-state index is 12.8. The predicted octanol–water partition coefficient (Wildman–Crippen LogP) is 4.77. The summed E-state index contributed by atoms with van der Waals surface area (Å²) in [5, 5.41) is 1.13. The molecule has 0 spiro atoms. The highest BCUT2D eigenvalue weighted by atomic mass is 32.1. The van der Waals surface area contributed by atoms with Crippen molar-refractivity contribution >= 4 is 33.2 Å². The van der Waals surface area contributed by atoms with Crippen molar-refractivity contribution in [3.05, 3.63) is 58.0 Å². The topological polar surface area (TPSA) is 56.0 Å². The lowest BCUT2D eigenvalue weighted by Crippen LogP contribution is -2.07. The Morgan fingerprint density at radius 1 is 1.04 bits per heavy atom. The molecule has 0 aliphatic heterocycles. The van der Waals surface area contributed by atoms with Gasteiger partial charge < -0.3 is 5.73 Å². The number of nitrogens with zero attached hydrogens (tertiary/aromatic N) is 1. The molecule has 0 saturated heterocycles. The second-order valence-corrected chi connectivity index (χ2v) is 7.47. The monoisotopic (exact) mass is 336 g/mol. The van der Waals surface area contributed by atoms with Gasteiger partial charge in [-0.1, -0.05) is 43.2 Å². The summed E-state index contributed by atoms with van der Waals surface area (Å²) < 4.78 is 0. The summed E-state index contributed by atoms with van der Waals surface area (Å²) >= 11 is 1.75. The largest absolute Gasteiger partial charge is 0.383 e. The zero-order valence-corrected chi connectivity index (χ0v) is 14.4. The lowest BCUT2D eigenvalue weighted by atomic mass is 9.96. The van der Waals surface area contributed by atoms with Gasteiger partial charge in [-0.3, -0.25) is 4.79 Å². The number of rotatable bonds is 2. The van der Waals surface area contributed by atoms with Crippen molar-refractivity contribution < 1.29 is 4.79 Å². The fourth-order valence-electron chi connectivity index (χ4n) is 3.48. The van der Waals surface area contributed by atoms with Crippen molar-refractivity contribution in [2.75, 3.05) is 5.73 Å². The number of fused-ring (bicyclic) bond motifs is 3. The molecule has 4 rings (SSSR count). The van der Waals surface area contributed by atoms with Gasteiger partial charge in [0.05, 0.1) is 5.56 Å². The van der Waals surface area contributed by atoms with Crippen LogP contribution >= 0.6 is 11.3 Å². The number of anilines is 1. The number of pyridine rings is 1. The van der Waals surface area contributed by atoms with Gasteiger partial charge in [-0.2, -0.15) is 0 Å². The molecular weight excluding hydrogens is 316 g/mol. The van der Waals surface area contributed by atoms with Crippen molar-refractivity contribution in [1.82, 2.24) is 4.98 Å². The minimum atomic E-state index is -0.0479. The third kappa shape index (κ3) is 2.71. The molecule has 0 fully saturated rings. The SMILES string of the molecule is Nc1nc2sc3c(c2cc1C(=O)c1ccccc1)CCCCCC3. The molecule has 2 aromatic heterocycles. The zero-order valence-electron chi connectivity index (χ0n) is 13.5. The number of nitrogens with two attached hydrogens (primary N) is 1. The van der Waals surface area contributed by atoms with Crippen molar-refractivity contribution in [3.8, 4) is 0 Å². The number of ketones is 1. The molecule has 1 aliphatic rings. The number of nitrogen functional groups attached to an aromatic ring is 1. The normalized spacial score (nSPS) is 14.8. The summed E-state index contributed by atoms with van der Waals surface area (Å²) in [6.45, 7) is 0. The number of hydrogen-bond acceptors (Lipinski definition) is 4. The Balaban J connectivity index is 1.84. The van der Waals surface area contributed by atoms with E-state index in [2.05, 4.69) is 4.98 Å². The molecule has 1 aromatic carbocycles. The minimum Gasteiger partial charge on any atom is -0.383 e. The molecule has 0 radical (unpaired) electrons. The Morgan fingerprint density at radius 3 is 2.58 bits per heavy atom. The standard InChI is InChI=1S/C20H20N2OS/c21-19-16(18(23)13-8-4-3-5-9-13)12-15-14-10-6-1-2-7-11-17(14)24-20(15)22-19/h3-5,8-9,12H,1-2,6-7,10-11H2,(H2,21,22). The van der Waals surface area contributed by atoms with Crippen LogP contribution in [0.15, 0.2) is 36.4 Å². The molecule has 0 atom stereocenters. The van der Waals surface area contributed by atoms with Gasteiger partial charge in [-0.05, 0) is 37.3 Å². The number of aryl methyl sites for hydroxylation is 2. The highest BCUT2D eigenvalue weighted by molar-refractivity contribution is 7.18. The molecule has 1 aliphatic carbocycles. The van der Waals surface area contributed by atoms with Crippen molar-refractivity contribution in [1.29, 1.82) is 0 Å². The number of thiophene rings is 1. The van der Waals surface area contributed by atoms with E-state index >= 15 is 0 Å². The Morgan fingerprint density at radius 2 is 1.79 bits per heavy atom. The van der Waals surface area contributed by atoms with Gasteiger partial charge in [0.25, 0.3) is 0 Å². The maximum Gasteiger partial charge on any atom is 0.196 e. The van der Waals surface area contributed by atoms with E-state index in [0.717, 1.165) is 23.1 Å². The van der Waals surface area contributed by atoms with Gasteiger partial charge in [0.1, 0.15) is 10.6 Å². The maximum atomic E-state index is 12.8. The Labute approximate surface area is 145 Å². The van der Waals surface area contributed by atoms with Crippen LogP contribution in [0.4, 0.5) is 5.82 Å². The van der Waals surface area contributed by atoms with Gasteiger partial charge in [-0.15, -0.1) is 11.3 Å². The molecule has 3 nitrogen and oxygen atoms in total. The first kappa shape index (κ1) is 15.3. The van der Waals surface area contributed by atoms with Crippen molar-refractivity contribution in [2.24, 2.45) is 0 Å². The summed E-state index contributed by atoms with van der Waals surface area (Å²) in [5.74, 6) is 0.291. The zero-order chi connectivity index (χ0) is 16.5. The van der Waals surface area contributed by atoms with Crippen LogP contribution < -0.4 is 5.73 Å². The molecule has 2 heterocycles. The molecule has 122 valence electrons. The van der Waals surface area contributed by atoms with E-state index in [-0.39, 0.29) is 5.78 Å². The highest BCUT2D eigenvalue weighted by Crippen LogP contribution is 2.36. The molecule has 2 N–H and O–H groups in total. The summed E-state index contributed by atoms with van der Waals surface area (Å²) in [6, 6.07) is 11.3. The first-order valence-corrected chi connectivity index (χ1v) is 9.36. The van der Waals surface area contributed by atoms with Crippen LogP contribution in [-0.2, 0) is 12.8 Å². The molecule has 4 heteroatoms. The summed E-state index contributed by atoms with van der Waals surface area (Å²) in [7, 11) is 0. The molecule has 0 saturated carbocycles. The van der Waals surface area contributed by atoms with Crippen LogP contribution in [-0.4, -0.2) is 10.8 Å². The van der Waals surface area contributed by atoms with E-state index in [1.165, 1.54) is 36.1 Å². The highest BCUT2D eigenvalue weighted by Gasteiger charge is 2.20. The quantitative estimate of drug-likeness (QED) is 0.686. The second-order valence-electron chi connectivity index (χ2n) is 6.39. The molecule has 0 bridgehead atoms. The predicted molar refractivity (Wildman–Crippen MR) is 99.8 cm³/mol. The first-order chi connectivity index (χ1) is 11.7. The van der Waals surface area contributed by atoms with E-state index in [0.29, 0.717) is 16.9 Å². The van der Waals surface area contributed by atoms with Gasteiger partial charge in [-0.25, -0.2) is 4.98 Å². The van der Waals surface area contributed by atoms with Gasteiger partial charge in [0.2, 0.25) is 0 Å². The smallest absolute Gasteiger partial charge is 0.196 e. The lowest BCUT2D eigenvalue weighted by molar-refractivity contribution is 0.103. The van der Waals surface area contributed by atoms with Crippen LogP contribution in [0.1, 0.15) is 52.0 Å². The summed E-state index contributed by atoms with van der Waals surface area (Å²) in [5.41, 5.74) is 8.69. The van der Waals surface area contributed by atoms with Crippen LogP contribution in [0.2, 0.25) is 0 Å². The minimum absolute atomic E-state index is 0.0479.